The van der Waals surface area contributed by atoms with Crippen LogP contribution in [0.1, 0.15) is 31.7 Å². The summed E-state index contributed by atoms with van der Waals surface area (Å²) in [5, 5.41) is -0.164. The minimum Gasteiger partial charge on any atom is -0.461 e. The van der Waals surface area contributed by atoms with Crippen LogP contribution < -0.4 is 15.4 Å². The van der Waals surface area contributed by atoms with Crippen molar-refractivity contribution in [1.29, 1.82) is 0 Å². The van der Waals surface area contributed by atoms with Gasteiger partial charge in [-0.25, -0.2) is 18.0 Å². The van der Waals surface area contributed by atoms with Crippen molar-refractivity contribution in [2.24, 2.45) is 0 Å². The molecule has 4 atom stereocenters. The number of nitrogens with two attached hydrogens (primary N) is 1. The lowest BCUT2D eigenvalue weighted by Gasteiger charge is -2.32. The van der Waals surface area contributed by atoms with Crippen LogP contribution in [0.15, 0.2) is 36.9 Å². The number of amides is 1. The molecule has 0 aliphatic carbocycles. The number of carbonyl (C=O) groups is 1. The third-order valence-corrected chi connectivity index (χ3v) is 11.3. The molecule has 3 saturated heterocycles. The zero-order valence-corrected chi connectivity index (χ0v) is 28.3. The Balaban J connectivity index is 1.43. The van der Waals surface area contributed by atoms with Crippen LogP contribution in [-0.2, 0) is 11.0 Å². The first-order chi connectivity index (χ1) is 24.3. The van der Waals surface area contributed by atoms with E-state index in [0.717, 1.165) is 36.0 Å². The highest BCUT2D eigenvalue weighted by Gasteiger charge is 2.49. The highest BCUT2D eigenvalue weighted by atomic mass is 32.1. The molecule has 9 nitrogen and oxygen atoms in total. The van der Waals surface area contributed by atoms with Gasteiger partial charge in [-0.1, -0.05) is 12.6 Å². The molecule has 3 fully saturated rings. The number of thiophene rings is 1. The average molecular weight is 730 g/mol. The Morgan fingerprint density at radius 2 is 2.02 bits per heavy atom. The number of aromatic nitrogens is 2. The maximum atomic E-state index is 15.7. The fraction of sp³-hybridized carbons (Fsp3) is 0.429. The van der Waals surface area contributed by atoms with Gasteiger partial charge in [0.25, 0.3) is 0 Å². The number of nitrogen functional groups attached to an aromatic ring is 1. The van der Waals surface area contributed by atoms with Crippen molar-refractivity contribution in [2.45, 2.75) is 56.3 Å². The Hall–Kier alpha value is -4.62. The van der Waals surface area contributed by atoms with Crippen molar-refractivity contribution in [3.05, 3.63) is 59.7 Å². The third kappa shape index (κ3) is 5.89. The molecule has 3 aliphatic rings. The fourth-order valence-electron chi connectivity index (χ4n) is 7.93. The van der Waals surface area contributed by atoms with E-state index in [2.05, 4.69) is 21.4 Å². The molecular formula is C35H33F6N7O2S. The molecule has 2 aromatic heterocycles. The zero-order valence-electron chi connectivity index (χ0n) is 27.4. The molecule has 0 radical (unpaired) electrons. The van der Waals surface area contributed by atoms with E-state index >= 15 is 17.6 Å². The number of alkyl halides is 5. The normalized spacial score (nSPS) is 23.6. The number of fused-ring (bicyclic) bond motifs is 3. The molecular weight excluding hydrogens is 696 g/mol. The summed E-state index contributed by atoms with van der Waals surface area (Å²) in [5.41, 5.74) is 3.67. The molecule has 2 N–H and O–H groups in total. The van der Waals surface area contributed by atoms with Crippen molar-refractivity contribution in [3.8, 4) is 17.1 Å². The number of ether oxygens (including phenoxy) is 1. The van der Waals surface area contributed by atoms with Crippen molar-refractivity contribution in [1.82, 2.24) is 19.8 Å². The van der Waals surface area contributed by atoms with Crippen LogP contribution in [0.5, 0.6) is 6.01 Å². The summed E-state index contributed by atoms with van der Waals surface area (Å²) in [5.74, 6) is -1.27. The van der Waals surface area contributed by atoms with Crippen LogP contribution >= 0.6 is 11.3 Å². The van der Waals surface area contributed by atoms with Crippen LogP contribution in [0.4, 0.5) is 42.8 Å². The molecule has 4 unspecified atom stereocenters. The largest absolute Gasteiger partial charge is 0.461 e. The number of rotatable bonds is 8. The van der Waals surface area contributed by atoms with Crippen LogP contribution in [0.3, 0.4) is 0 Å². The maximum Gasteiger partial charge on any atom is 0.417 e. The molecule has 0 spiro atoms. The van der Waals surface area contributed by atoms with E-state index in [4.69, 9.17) is 17.0 Å². The first-order valence-electron chi connectivity index (χ1n) is 16.4. The first-order valence-corrected chi connectivity index (χ1v) is 17.3. The topological polar surface area (TPSA) is 92.2 Å². The van der Waals surface area contributed by atoms with Gasteiger partial charge in [0.05, 0.1) is 45.5 Å². The number of likely N-dealkylation sites (tertiary alicyclic amines) is 1. The van der Waals surface area contributed by atoms with Crippen molar-refractivity contribution in [2.75, 3.05) is 50.0 Å². The zero-order chi connectivity index (χ0) is 36.4. The number of carbonyl (C=O) groups excluding carboxylic acids is 1. The van der Waals surface area contributed by atoms with Gasteiger partial charge in [-0.05, 0) is 61.7 Å². The third-order valence-electron chi connectivity index (χ3n) is 10.2. The van der Waals surface area contributed by atoms with Gasteiger partial charge < -0.3 is 20.3 Å². The molecule has 2 aromatic carbocycles. The van der Waals surface area contributed by atoms with Crippen molar-refractivity contribution < 1.29 is 35.9 Å². The van der Waals surface area contributed by atoms with Crippen molar-refractivity contribution >= 4 is 54.7 Å². The quantitative estimate of drug-likeness (QED) is 0.116. The predicted molar refractivity (Wildman–Crippen MR) is 183 cm³/mol. The molecule has 268 valence electrons. The predicted octanol–water partition coefficient (Wildman–Crippen LogP) is 7.32. The van der Waals surface area contributed by atoms with Gasteiger partial charge in [0.2, 0.25) is 11.6 Å². The Morgan fingerprint density at radius 3 is 2.73 bits per heavy atom. The number of likely N-dealkylation sites (N-methyl/N-ethyl adjacent to an activating group) is 1. The Morgan fingerprint density at radius 1 is 1.24 bits per heavy atom. The van der Waals surface area contributed by atoms with Gasteiger partial charge in [0, 0.05) is 36.8 Å². The lowest BCUT2D eigenvalue weighted by atomic mass is 9.94. The molecule has 4 aromatic rings. The fourth-order valence-corrected chi connectivity index (χ4v) is 8.87. The molecule has 51 heavy (non-hydrogen) atoms. The summed E-state index contributed by atoms with van der Waals surface area (Å²) in [6.07, 6.45) is -4.71. The Kier molecular flexibility index (Phi) is 8.78. The van der Waals surface area contributed by atoms with Gasteiger partial charge in [-0.2, -0.15) is 23.1 Å². The minimum atomic E-state index is -4.95. The van der Waals surface area contributed by atoms with Gasteiger partial charge in [0.1, 0.15) is 30.6 Å². The van der Waals surface area contributed by atoms with Gasteiger partial charge in [-0.15, -0.1) is 11.3 Å². The second kappa shape index (κ2) is 12.9. The average Bonchev–Trinajstić information content (AvgIpc) is 3.83. The smallest absolute Gasteiger partial charge is 0.417 e. The minimum absolute atomic E-state index is 0.00415. The molecule has 0 saturated carbocycles. The standard InChI is InChI=1S/C35H33F6N7O2S/c1-4-27(49)46-15-24(38)26(16-46)48(5-2)32-21-11-22(35(39,40)41)20(19-7-8-23(37)30-28(19)29(43-3)31(42)51-30)12-25(21)44-33(45-32)50-17-34-9-6-10-47(34)14-18(36)13-34/h4,7-8,11-12,18,24,26H,1,5-6,9-10,13-17,42H2,2H3. The van der Waals surface area contributed by atoms with Gasteiger partial charge in [0.15, 0.2) is 0 Å². The lowest BCUT2D eigenvalue weighted by molar-refractivity contribution is -0.137. The number of hydrogen-bond acceptors (Lipinski definition) is 8. The second-order valence-corrected chi connectivity index (χ2v) is 14.2. The van der Waals surface area contributed by atoms with E-state index in [9.17, 15) is 13.6 Å². The molecule has 7 rings (SSSR count). The summed E-state index contributed by atoms with van der Waals surface area (Å²) in [6, 6.07) is 3.06. The van der Waals surface area contributed by atoms with E-state index in [0.29, 0.717) is 13.0 Å². The van der Waals surface area contributed by atoms with E-state index < -0.39 is 47.4 Å². The summed E-state index contributed by atoms with van der Waals surface area (Å²) >= 11 is 0.766. The van der Waals surface area contributed by atoms with E-state index in [-0.39, 0.29) is 93.8 Å². The Labute approximate surface area is 293 Å². The first kappa shape index (κ1) is 34.8. The Bertz CT molecular complexity index is 2100. The molecule has 1 amide bonds. The maximum absolute atomic E-state index is 15.7. The summed E-state index contributed by atoms with van der Waals surface area (Å²) < 4.78 is 96.4. The number of hydrogen-bond donors (Lipinski definition) is 1. The van der Waals surface area contributed by atoms with E-state index in [1.165, 1.54) is 21.9 Å². The van der Waals surface area contributed by atoms with Crippen LogP contribution in [0.25, 0.3) is 37.0 Å². The summed E-state index contributed by atoms with van der Waals surface area (Å²) in [4.78, 5) is 29.7. The highest BCUT2D eigenvalue weighted by molar-refractivity contribution is 7.23. The highest BCUT2D eigenvalue weighted by Crippen LogP contribution is 2.50. The molecule has 16 heteroatoms. The number of halogens is 6. The number of anilines is 2. The van der Waals surface area contributed by atoms with E-state index in [1.807, 2.05) is 4.90 Å². The molecule has 0 bridgehead atoms. The second-order valence-electron chi connectivity index (χ2n) is 13.1. The number of nitrogens with zero attached hydrogens (tertiary/aromatic N) is 6. The van der Waals surface area contributed by atoms with Gasteiger partial charge >= 0.3 is 12.2 Å². The monoisotopic (exact) mass is 729 g/mol. The van der Waals surface area contributed by atoms with Crippen LogP contribution in [0.2, 0.25) is 0 Å². The van der Waals surface area contributed by atoms with Gasteiger partial charge in [-0.3, -0.25) is 9.69 Å². The number of benzene rings is 2. The lowest BCUT2D eigenvalue weighted by Crippen LogP contribution is -2.44. The van der Waals surface area contributed by atoms with Crippen LogP contribution in [0, 0.1) is 12.4 Å². The van der Waals surface area contributed by atoms with Crippen LogP contribution in [-0.4, -0.2) is 88.9 Å². The molecule has 3 aliphatic heterocycles. The van der Waals surface area contributed by atoms with Crippen molar-refractivity contribution in [3.63, 3.8) is 0 Å². The summed E-state index contributed by atoms with van der Waals surface area (Å²) in [7, 11) is 0. The SMILES string of the molecule is [C-]#[N+]c1c(N)sc2c(F)ccc(-c3cc4nc(OCC56CCCN5CC(F)C6)nc(N(CC)C5CN(C(=O)C=C)CC5F)c4cc3C(F)(F)F)c12. The summed E-state index contributed by atoms with van der Waals surface area (Å²) in [6.45, 7) is 13.6. The molecule has 5 heterocycles. The van der Waals surface area contributed by atoms with E-state index in [1.54, 1.807) is 6.92 Å².